The number of aromatic nitrogens is 1. The summed E-state index contributed by atoms with van der Waals surface area (Å²) >= 11 is 3.50. The molecule has 0 saturated heterocycles. The van der Waals surface area contributed by atoms with Gasteiger partial charge in [0.15, 0.2) is 0 Å². The highest BCUT2D eigenvalue weighted by molar-refractivity contribution is 7.97. The molecule has 1 aromatic heterocycles. The van der Waals surface area contributed by atoms with E-state index in [-0.39, 0.29) is 0 Å². The Morgan fingerprint density at radius 1 is 1.21 bits per heavy atom. The molecule has 2 aromatic rings. The lowest BCUT2D eigenvalue weighted by atomic mass is 10.2. The Kier molecular flexibility index (Phi) is 5.69. The van der Waals surface area contributed by atoms with Crippen LogP contribution in [0.3, 0.4) is 0 Å². The Balaban J connectivity index is 1.85. The maximum absolute atomic E-state index is 5.34. The number of methoxy groups -OCH3 is 2. The number of hydrogen-bond donors (Lipinski definition) is 0. The lowest BCUT2D eigenvalue weighted by Gasteiger charge is -2.06. The quantitative estimate of drug-likeness (QED) is 0.779. The van der Waals surface area contributed by atoms with Gasteiger partial charge >= 0.3 is 0 Å². The lowest BCUT2D eigenvalue weighted by molar-refractivity contribution is 0.184. The van der Waals surface area contributed by atoms with Gasteiger partial charge in [-0.15, -0.1) is 11.3 Å². The van der Waals surface area contributed by atoms with Gasteiger partial charge in [-0.05, 0) is 6.07 Å². The molecule has 1 heterocycles. The number of nitrogens with zero attached hydrogens (tertiary/aromatic N) is 1. The van der Waals surface area contributed by atoms with E-state index in [1.807, 2.05) is 30.0 Å². The Morgan fingerprint density at radius 3 is 2.84 bits per heavy atom. The number of thiazole rings is 1. The normalized spacial score (nSPS) is 10.6. The highest BCUT2D eigenvalue weighted by Crippen LogP contribution is 2.25. The molecule has 0 N–H and O–H groups in total. The topological polar surface area (TPSA) is 31.4 Å². The molecule has 5 heteroatoms. The van der Waals surface area contributed by atoms with E-state index in [9.17, 15) is 0 Å². The van der Waals surface area contributed by atoms with Crippen LogP contribution in [0, 0.1) is 0 Å². The molecule has 0 radical (unpaired) electrons. The average Bonchev–Trinajstić information content (AvgIpc) is 2.87. The second-order valence-corrected chi connectivity index (χ2v) is 5.90. The van der Waals surface area contributed by atoms with Gasteiger partial charge in [0.05, 0.1) is 19.4 Å². The number of benzene rings is 1. The van der Waals surface area contributed by atoms with Crippen molar-refractivity contribution in [2.24, 2.45) is 0 Å². The van der Waals surface area contributed by atoms with Crippen LogP contribution in [-0.2, 0) is 22.8 Å². The van der Waals surface area contributed by atoms with E-state index in [0.717, 1.165) is 28.0 Å². The summed E-state index contributed by atoms with van der Waals surface area (Å²) in [7, 11) is 3.40. The van der Waals surface area contributed by atoms with Crippen LogP contribution in [0.4, 0.5) is 0 Å². The molecule has 0 saturated carbocycles. The molecular formula is C14H17NO2S2. The van der Waals surface area contributed by atoms with Crippen LogP contribution in [0.25, 0.3) is 0 Å². The third kappa shape index (κ3) is 4.23. The fraction of sp³-hybridized carbons (Fsp3) is 0.357. The fourth-order valence-corrected chi connectivity index (χ4v) is 3.48. The van der Waals surface area contributed by atoms with E-state index in [1.54, 1.807) is 25.6 Å². The first kappa shape index (κ1) is 14.4. The van der Waals surface area contributed by atoms with Crippen molar-refractivity contribution in [3.8, 4) is 5.75 Å². The molecule has 0 aliphatic rings. The zero-order valence-electron chi connectivity index (χ0n) is 11.1. The number of thioether (sulfide) groups is 1. The maximum atomic E-state index is 5.34. The van der Waals surface area contributed by atoms with Crippen molar-refractivity contribution in [3.05, 3.63) is 45.9 Å². The SMILES string of the molecule is COCc1nc(CSCc2ccccc2OC)cs1. The smallest absolute Gasteiger partial charge is 0.122 e. The van der Waals surface area contributed by atoms with E-state index in [4.69, 9.17) is 9.47 Å². The Labute approximate surface area is 122 Å². The molecule has 0 aliphatic heterocycles. The second kappa shape index (κ2) is 7.53. The van der Waals surface area contributed by atoms with E-state index in [2.05, 4.69) is 16.4 Å². The summed E-state index contributed by atoms with van der Waals surface area (Å²) in [6, 6.07) is 8.13. The molecule has 1 aromatic carbocycles. The van der Waals surface area contributed by atoms with E-state index >= 15 is 0 Å². The van der Waals surface area contributed by atoms with Crippen LogP contribution < -0.4 is 4.74 Å². The first-order valence-corrected chi connectivity index (χ1v) is 7.98. The molecular weight excluding hydrogens is 278 g/mol. The summed E-state index contributed by atoms with van der Waals surface area (Å²) in [6.45, 7) is 0.599. The summed E-state index contributed by atoms with van der Waals surface area (Å²) in [5, 5.41) is 3.14. The van der Waals surface area contributed by atoms with Crippen molar-refractivity contribution >= 4 is 23.1 Å². The Bertz CT molecular complexity index is 514. The first-order chi connectivity index (χ1) is 9.33. The standard InChI is InChI=1S/C14H17NO2S2/c1-16-7-14-15-12(10-19-14)9-18-8-11-5-3-4-6-13(11)17-2/h3-6,10H,7-9H2,1-2H3. The summed E-state index contributed by atoms with van der Waals surface area (Å²) in [5.74, 6) is 2.80. The van der Waals surface area contributed by atoms with E-state index in [1.165, 1.54) is 5.56 Å². The van der Waals surface area contributed by atoms with Gasteiger partial charge in [-0.25, -0.2) is 4.98 Å². The molecule has 19 heavy (non-hydrogen) atoms. The summed E-state index contributed by atoms with van der Waals surface area (Å²) < 4.78 is 10.4. The molecule has 0 aliphatic carbocycles. The monoisotopic (exact) mass is 295 g/mol. The van der Waals surface area contributed by atoms with E-state index < -0.39 is 0 Å². The molecule has 2 rings (SSSR count). The Hall–Kier alpha value is -1.04. The van der Waals surface area contributed by atoms with Crippen molar-refractivity contribution in [2.45, 2.75) is 18.1 Å². The van der Waals surface area contributed by atoms with Gasteiger partial charge in [-0.2, -0.15) is 11.8 Å². The number of rotatable bonds is 7. The molecule has 102 valence electrons. The molecule has 3 nitrogen and oxygen atoms in total. The van der Waals surface area contributed by atoms with Crippen molar-refractivity contribution in [1.29, 1.82) is 0 Å². The van der Waals surface area contributed by atoms with Crippen molar-refractivity contribution in [1.82, 2.24) is 4.98 Å². The predicted octanol–water partition coefficient (Wildman–Crippen LogP) is 3.73. The summed E-state index contributed by atoms with van der Waals surface area (Å²) in [5.41, 5.74) is 2.35. The van der Waals surface area contributed by atoms with Gasteiger partial charge in [0, 0.05) is 29.6 Å². The van der Waals surface area contributed by atoms with Gasteiger partial charge in [0.1, 0.15) is 10.8 Å². The van der Waals surface area contributed by atoms with Gasteiger partial charge in [-0.3, -0.25) is 0 Å². The molecule has 0 bridgehead atoms. The van der Waals surface area contributed by atoms with Crippen LogP contribution in [0.1, 0.15) is 16.3 Å². The minimum atomic E-state index is 0.599. The van der Waals surface area contributed by atoms with Crippen molar-refractivity contribution in [2.75, 3.05) is 14.2 Å². The summed E-state index contributed by atoms with van der Waals surface area (Å²) in [6.07, 6.45) is 0. The molecule has 0 unspecified atom stereocenters. The first-order valence-electron chi connectivity index (χ1n) is 5.95. The maximum Gasteiger partial charge on any atom is 0.122 e. The largest absolute Gasteiger partial charge is 0.496 e. The van der Waals surface area contributed by atoms with E-state index in [0.29, 0.717) is 6.61 Å². The third-order valence-corrected chi connectivity index (χ3v) is 4.45. The minimum Gasteiger partial charge on any atom is -0.496 e. The second-order valence-electron chi connectivity index (χ2n) is 3.97. The molecule has 0 spiro atoms. The minimum absolute atomic E-state index is 0.599. The van der Waals surface area contributed by atoms with Gasteiger partial charge in [-0.1, -0.05) is 18.2 Å². The molecule has 0 fully saturated rings. The Morgan fingerprint density at radius 2 is 2.05 bits per heavy atom. The predicted molar refractivity (Wildman–Crippen MR) is 80.8 cm³/mol. The number of hydrogen-bond acceptors (Lipinski definition) is 5. The highest BCUT2D eigenvalue weighted by Gasteiger charge is 2.04. The molecule has 0 amide bonds. The number of ether oxygens (including phenoxy) is 2. The van der Waals surface area contributed by atoms with Crippen molar-refractivity contribution < 1.29 is 9.47 Å². The average molecular weight is 295 g/mol. The lowest BCUT2D eigenvalue weighted by Crippen LogP contribution is -1.91. The molecule has 0 atom stereocenters. The third-order valence-electron chi connectivity index (χ3n) is 2.57. The van der Waals surface area contributed by atoms with Gasteiger partial charge in [0.25, 0.3) is 0 Å². The zero-order chi connectivity index (χ0) is 13.5. The van der Waals surface area contributed by atoms with Crippen LogP contribution in [0.15, 0.2) is 29.6 Å². The van der Waals surface area contributed by atoms with Crippen LogP contribution >= 0.6 is 23.1 Å². The van der Waals surface area contributed by atoms with Crippen LogP contribution in [0.5, 0.6) is 5.75 Å². The van der Waals surface area contributed by atoms with Crippen molar-refractivity contribution in [3.63, 3.8) is 0 Å². The number of para-hydroxylation sites is 1. The van der Waals surface area contributed by atoms with Gasteiger partial charge in [0.2, 0.25) is 0 Å². The fourth-order valence-electron chi connectivity index (χ4n) is 1.69. The van der Waals surface area contributed by atoms with Crippen LogP contribution in [0.2, 0.25) is 0 Å². The van der Waals surface area contributed by atoms with Gasteiger partial charge < -0.3 is 9.47 Å². The zero-order valence-corrected chi connectivity index (χ0v) is 12.7. The summed E-state index contributed by atoms with van der Waals surface area (Å²) in [4.78, 5) is 4.52. The van der Waals surface area contributed by atoms with Crippen LogP contribution in [-0.4, -0.2) is 19.2 Å². The highest BCUT2D eigenvalue weighted by atomic mass is 32.2.